The van der Waals surface area contributed by atoms with Crippen molar-refractivity contribution in [3.05, 3.63) is 38.4 Å². The Bertz CT molecular complexity index is 785. The van der Waals surface area contributed by atoms with Crippen LogP contribution in [0.3, 0.4) is 0 Å². The number of rotatable bonds is 3. The van der Waals surface area contributed by atoms with E-state index in [1.807, 2.05) is 11.4 Å². The summed E-state index contributed by atoms with van der Waals surface area (Å²) in [7, 11) is 1.64. The van der Waals surface area contributed by atoms with Gasteiger partial charge in [0.05, 0.1) is 10.4 Å². The second-order valence-electron chi connectivity index (χ2n) is 7.52. The van der Waals surface area contributed by atoms with E-state index in [-0.39, 0.29) is 17.2 Å². The van der Waals surface area contributed by atoms with E-state index >= 15 is 0 Å². The van der Waals surface area contributed by atoms with E-state index in [0.29, 0.717) is 21.4 Å². The SMILES string of the molecule is CNC(=O)c1c(NC(=O)c2cccs2)sc2c1CCC(C(C)(C)C)C2. The molecule has 25 heavy (non-hydrogen) atoms. The molecular formula is C19H24N2O2S2. The fraction of sp³-hybridized carbons (Fsp3) is 0.474. The third-order valence-corrected chi connectivity index (χ3v) is 6.95. The van der Waals surface area contributed by atoms with Crippen molar-refractivity contribution in [2.75, 3.05) is 12.4 Å². The maximum atomic E-state index is 12.5. The first-order valence-electron chi connectivity index (χ1n) is 8.52. The zero-order chi connectivity index (χ0) is 18.2. The predicted octanol–water partition coefficient (Wildman–Crippen LogP) is 4.57. The van der Waals surface area contributed by atoms with Crippen molar-refractivity contribution in [2.45, 2.75) is 40.0 Å². The Balaban J connectivity index is 1.94. The first kappa shape index (κ1) is 18.1. The summed E-state index contributed by atoms with van der Waals surface area (Å²) < 4.78 is 0. The molecule has 6 heteroatoms. The molecular weight excluding hydrogens is 352 g/mol. The van der Waals surface area contributed by atoms with Crippen molar-refractivity contribution >= 4 is 39.5 Å². The van der Waals surface area contributed by atoms with Gasteiger partial charge >= 0.3 is 0 Å². The van der Waals surface area contributed by atoms with Gasteiger partial charge in [-0.1, -0.05) is 26.8 Å². The quantitative estimate of drug-likeness (QED) is 0.824. The summed E-state index contributed by atoms with van der Waals surface area (Å²) in [5, 5.41) is 8.25. The van der Waals surface area contributed by atoms with Crippen molar-refractivity contribution in [1.29, 1.82) is 0 Å². The van der Waals surface area contributed by atoms with Crippen molar-refractivity contribution in [1.82, 2.24) is 5.32 Å². The summed E-state index contributed by atoms with van der Waals surface area (Å²) in [6, 6.07) is 3.65. The Morgan fingerprint density at radius 3 is 2.60 bits per heavy atom. The summed E-state index contributed by atoms with van der Waals surface area (Å²) >= 11 is 2.96. The maximum Gasteiger partial charge on any atom is 0.266 e. The third-order valence-electron chi connectivity index (χ3n) is 4.92. The number of anilines is 1. The fourth-order valence-corrected chi connectivity index (χ4v) is 5.29. The van der Waals surface area contributed by atoms with Crippen LogP contribution in [0.25, 0.3) is 0 Å². The van der Waals surface area contributed by atoms with E-state index in [2.05, 4.69) is 31.4 Å². The molecule has 0 spiro atoms. The molecule has 3 rings (SSSR count). The molecule has 0 bridgehead atoms. The van der Waals surface area contributed by atoms with E-state index in [9.17, 15) is 9.59 Å². The molecule has 1 aliphatic carbocycles. The van der Waals surface area contributed by atoms with Gasteiger partial charge in [-0.25, -0.2) is 0 Å². The van der Waals surface area contributed by atoms with Crippen molar-refractivity contribution < 1.29 is 9.59 Å². The monoisotopic (exact) mass is 376 g/mol. The standard InChI is InChI=1S/C19H24N2O2S2/c1-19(2,3)11-7-8-12-14(10-11)25-18(15(12)17(23)20-4)21-16(22)13-6-5-9-24-13/h5-6,9,11H,7-8,10H2,1-4H3,(H,20,23)(H,21,22). The van der Waals surface area contributed by atoms with Crippen molar-refractivity contribution in [3.63, 3.8) is 0 Å². The number of amides is 2. The minimum absolute atomic E-state index is 0.117. The molecule has 0 radical (unpaired) electrons. The van der Waals surface area contributed by atoms with Crippen LogP contribution in [-0.4, -0.2) is 18.9 Å². The average Bonchev–Trinajstić information content (AvgIpc) is 3.20. The lowest BCUT2D eigenvalue weighted by atomic mass is 9.72. The molecule has 0 saturated carbocycles. The second kappa shape index (κ2) is 6.92. The highest BCUT2D eigenvalue weighted by Gasteiger charge is 2.33. The van der Waals surface area contributed by atoms with Gasteiger partial charge in [-0.05, 0) is 47.6 Å². The summed E-state index contributed by atoms with van der Waals surface area (Å²) in [5.41, 5.74) is 2.01. The molecule has 1 aliphatic rings. The van der Waals surface area contributed by atoms with Gasteiger partial charge in [-0.15, -0.1) is 22.7 Å². The number of hydrogen-bond donors (Lipinski definition) is 2. The van der Waals surface area contributed by atoms with Crippen LogP contribution in [0.1, 0.15) is 57.7 Å². The van der Waals surface area contributed by atoms with Crippen LogP contribution < -0.4 is 10.6 Å². The topological polar surface area (TPSA) is 58.2 Å². The van der Waals surface area contributed by atoms with Gasteiger partial charge in [0.2, 0.25) is 0 Å². The Morgan fingerprint density at radius 2 is 2.00 bits per heavy atom. The van der Waals surface area contributed by atoms with E-state index in [4.69, 9.17) is 0 Å². The lowest BCUT2D eigenvalue weighted by Gasteiger charge is -2.33. The molecule has 1 atom stereocenters. The Labute approximate surface area is 156 Å². The molecule has 0 aromatic carbocycles. The lowest BCUT2D eigenvalue weighted by Crippen LogP contribution is -2.27. The Morgan fingerprint density at radius 1 is 1.24 bits per heavy atom. The summed E-state index contributed by atoms with van der Waals surface area (Å²) in [6.07, 6.45) is 2.95. The summed E-state index contributed by atoms with van der Waals surface area (Å²) in [6.45, 7) is 6.82. The zero-order valence-corrected chi connectivity index (χ0v) is 16.7. The first-order chi connectivity index (χ1) is 11.8. The van der Waals surface area contributed by atoms with Crippen molar-refractivity contribution in [3.8, 4) is 0 Å². The molecule has 2 N–H and O–H groups in total. The number of hydrogen-bond acceptors (Lipinski definition) is 4. The molecule has 0 saturated heterocycles. The molecule has 2 amide bonds. The average molecular weight is 377 g/mol. The third kappa shape index (κ3) is 3.65. The van der Waals surface area contributed by atoms with Gasteiger partial charge in [0, 0.05) is 11.9 Å². The van der Waals surface area contributed by atoms with Gasteiger partial charge in [-0.3, -0.25) is 9.59 Å². The Hall–Kier alpha value is -1.66. The van der Waals surface area contributed by atoms with Gasteiger partial charge in [0.15, 0.2) is 0 Å². The Kier molecular flexibility index (Phi) is 5.02. The highest BCUT2D eigenvalue weighted by molar-refractivity contribution is 7.17. The van der Waals surface area contributed by atoms with E-state index < -0.39 is 0 Å². The van der Waals surface area contributed by atoms with Crippen LogP contribution >= 0.6 is 22.7 Å². The molecule has 134 valence electrons. The highest BCUT2D eigenvalue weighted by Crippen LogP contribution is 2.44. The van der Waals surface area contributed by atoms with Crippen LogP contribution in [0, 0.1) is 11.3 Å². The van der Waals surface area contributed by atoms with Gasteiger partial charge in [-0.2, -0.15) is 0 Å². The number of carbonyl (C=O) groups excluding carboxylic acids is 2. The van der Waals surface area contributed by atoms with E-state index in [1.54, 1.807) is 24.5 Å². The van der Waals surface area contributed by atoms with Gasteiger partial charge in [0.1, 0.15) is 5.00 Å². The normalized spacial score (nSPS) is 17.0. The number of fused-ring (bicyclic) bond motifs is 1. The molecule has 1 unspecified atom stereocenters. The van der Waals surface area contributed by atoms with Crippen LogP contribution in [-0.2, 0) is 12.8 Å². The predicted molar refractivity (Wildman–Crippen MR) is 105 cm³/mol. The summed E-state index contributed by atoms with van der Waals surface area (Å²) in [5.74, 6) is 0.330. The summed E-state index contributed by atoms with van der Waals surface area (Å²) in [4.78, 5) is 26.8. The lowest BCUT2D eigenvalue weighted by molar-refractivity contribution is 0.0963. The highest BCUT2D eigenvalue weighted by atomic mass is 32.1. The molecule has 0 aliphatic heterocycles. The van der Waals surface area contributed by atoms with Crippen molar-refractivity contribution in [2.24, 2.45) is 11.3 Å². The molecule has 2 aromatic rings. The smallest absolute Gasteiger partial charge is 0.266 e. The molecule has 2 heterocycles. The molecule has 0 fully saturated rings. The number of nitrogens with one attached hydrogen (secondary N) is 2. The van der Waals surface area contributed by atoms with Gasteiger partial charge < -0.3 is 10.6 Å². The largest absolute Gasteiger partial charge is 0.355 e. The number of carbonyl (C=O) groups is 2. The van der Waals surface area contributed by atoms with Crippen LogP contribution in [0.5, 0.6) is 0 Å². The van der Waals surface area contributed by atoms with Crippen LogP contribution in [0.2, 0.25) is 0 Å². The van der Waals surface area contributed by atoms with Gasteiger partial charge in [0.25, 0.3) is 11.8 Å². The van der Waals surface area contributed by atoms with E-state index in [0.717, 1.165) is 24.8 Å². The minimum Gasteiger partial charge on any atom is -0.355 e. The molecule has 4 nitrogen and oxygen atoms in total. The number of thiophene rings is 2. The zero-order valence-electron chi connectivity index (χ0n) is 15.1. The molecule has 2 aromatic heterocycles. The minimum atomic E-state index is -0.147. The fourth-order valence-electron chi connectivity index (χ4n) is 3.35. The van der Waals surface area contributed by atoms with Crippen LogP contribution in [0.4, 0.5) is 5.00 Å². The maximum absolute atomic E-state index is 12.5. The second-order valence-corrected chi connectivity index (χ2v) is 9.58. The van der Waals surface area contributed by atoms with E-state index in [1.165, 1.54) is 16.2 Å². The first-order valence-corrected chi connectivity index (χ1v) is 10.2. The van der Waals surface area contributed by atoms with Crippen LogP contribution in [0.15, 0.2) is 17.5 Å².